The Kier molecular flexibility index (Phi) is 8.43. The lowest BCUT2D eigenvalue weighted by atomic mass is 10.1. The highest BCUT2D eigenvalue weighted by atomic mass is 16.5. The number of rotatable bonds is 9. The maximum Gasteiger partial charge on any atom is 0.322 e. The summed E-state index contributed by atoms with van der Waals surface area (Å²) in [7, 11) is 1.55. The fraction of sp³-hybridized carbons (Fsp3) is 0.233. The number of methoxy groups -OCH3 is 1. The van der Waals surface area contributed by atoms with Gasteiger partial charge in [0.15, 0.2) is 0 Å². The molecule has 0 saturated carbocycles. The Hall–Kier alpha value is -4.59. The largest absolute Gasteiger partial charge is 0.495 e. The van der Waals surface area contributed by atoms with E-state index in [-0.39, 0.29) is 18.5 Å². The number of anilines is 2. The van der Waals surface area contributed by atoms with Crippen LogP contribution < -0.4 is 15.4 Å². The van der Waals surface area contributed by atoms with Crippen LogP contribution in [-0.2, 0) is 4.79 Å². The molecular weight excluding hydrogens is 478 g/mol. The Bertz CT molecular complexity index is 1410. The quantitative estimate of drug-likeness (QED) is 0.286. The minimum atomic E-state index is -0.376. The molecule has 0 saturated heterocycles. The summed E-state index contributed by atoms with van der Waals surface area (Å²) in [5.41, 5.74) is 5.26. The maximum absolute atomic E-state index is 13.2. The number of amides is 3. The molecule has 0 aliphatic heterocycles. The SMILES string of the molecule is CCCN(CC(=O)Nc1cc(-c2ccccc2)nn1-c1ccc(C)cc1C)C(=O)Nc1ccccc1OC. The first-order chi connectivity index (χ1) is 18.4. The zero-order valence-corrected chi connectivity index (χ0v) is 22.2. The lowest BCUT2D eigenvalue weighted by Gasteiger charge is -2.22. The fourth-order valence-electron chi connectivity index (χ4n) is 4.27. The molecule has 0 aliphatic carbocycles. The minimum absolute atomic E-state index is 0.118. The predicted octanol–water partition coefficient (Wildman–Crippen LogP) is 6.05. The van der Waals surface area contributed by atoms with Crippen molar-refractivity contribution in [2.45, 2.75) is 27.2 Å². The Balaban J connectivity index is 1.58. The Labute approximate surface area is 223 Å². The Morgan fingerprint density at radius 1 is 0.947 bits per heavy atom. The third kappa shape index (κ3) is 6.21. The number of nitrogens with zero attached hydrogens (tertiary/aromatic N) is 3. The van der Waals surface area contributed by atoms with Gasteiger partial charge in [-0.15, -0.1) is 0 Å². The molecule has 1 aromatic heterocycles. The van der Waals surface area contributed by atoms with E-state index < -0.39 is 0 Å². The summed E-state index contributed by atoms with van der Waals surface area (Å²) in [5, 5.41) is 10.7. The molecule has 2 N–H and O–H groups in total. The zero-order chi connectivity index (χ0) is 27.1. The van der Waals surface area contributed by atoms with Crippen LogP contribution in [0.4, 0.5) is 16.3 Å². The Morgan fingerprint density at radius 3 is 2.39 bits per heavy atom. The van der Waals surface area contributed by atoms with Gasteiger partial charge < -0.3 is 20.3 Å². The maximum atomic E-state index is 13.2. The van der Waals surface area contributed by atoms with Gasteiger partial charge in [-0.25, -0.2) is 9.48 Å². The van der Waals surface area contributed by atoms with E-state index in [2.05, 4.69) is 16.7 Å². The molecule has 1 heterocycles. The smallest absolute Gasteiger partial charge is 0.322 e. The molecule has 0 bridgehead atoms. The molecule has 196 valence electrons. The number of benzene rings is 3. The van der Waals surface area contributed by atoms with Gasteiger partial charge >= 0.3 is 6.03 Å². The first-order valence-electron chi connectivity index (χ1n) is 12.6. The summed E-state index contributed by atoms with van der Waals surface area (Å²) in [4.78, 5) is 27.8. The van der Waals surface area contributed by atoms with Crippen LogP contribution in [0, 0.1) is 13.8 Å². The third-order valence-corrected chi connectivity index (χ3v) is 6.09. The number of para-hydroxylation sites is 2. The number of ether oxygens (including phenoxy) is 1. The molecule has 3 aromatic carbocycles. The first-order valence-corrected chi connectivity index (χ1v) is 12.6. The Morgan fingerprint density at radius 2 is 1.68 bits per heavy atom. The van der Waals surface area contributed by atoms with Crippen LogP contribution in [-0.4, -0.2) is 46.8 Å². The van der Waals surface area contributed by atoms with Crippen LogP contribution in [0.25, 0.3) is 16.9 Å². The first kappa shape index (κ1) is 26.5. The average molecular weight is 512 g/mol. The van der Waals surface area contributed by atoms with Crippen molar-refractivity contribution in [1.82, 2.24) is 14.7 Å². The molecule has 3 amide bonds. The lowest BCUT2D eigenvalue weighted by Crippen LogP contribution is -2.41. The van der Waals surface area contributed by atoms with Crippen LogP contribution in [0.15, 0.2) is 78.9 Å². The van der Waals surface area contributed by atoms with Crippen molar-refractivity contribution in [3.63, 3.8) is 0 Å². The summed E-state index contributed by atoms with van der Waals surface area (Å²) < 4.78 is 7.08. The van der Waals surface area contributed by atoms with E-state index in [1.807, 2.05) is 81.4 Å². The number of hydrogen-bond donors (Lipinski definition) is 2. The second-order valence-corrected chi connectivity index (χ2v) is 9.08. The number of aromatic nitrogens is 2. The number of hydrogen-bond acceptors (Lipinski definition) is 4. The van der Waals surface area contributed by atoms with Crippen LogP contribution in [0.2, 0.25) is 0 Å². The van der Waals surface area contributed by atoms with Crippen molar-refractivity contribution in [3.8, 4) is 22.7 Å². The van der Waals surface area contributed by atoms with Crippen LogP contribution in [0.3, 0.4) is 0 Å². The summed E-state index contributed by atoms with van der Waals surface area (Å²) in [5.74, 6) is 0.758. The van der Waals surface area contributed by atoms with E-state index in [1.54, 1.807) is 23.9 Å². The molecule has 38 heavy (non-hydrogen) atoms. The fourth-order valence-corrected chi connectivity index (χ4v) is 4.27. The normalized spacial score (nSPS) is 10.6. The van der Waals surface area contributed by atoms with E-state index in [0.29, 0.717) is 30.2 Å². The number of nitrogens with one attached hydrogen (secondary N) is 2. The van der Waals surface area contributed by atoms with Gasteiger partial charge in [-0.3, -0.25) is 4.79 Å². The minimum Gasteiger partial charge on any atom is -0.495 e. The van der Waals surface area contributed by atoms with Crippen molar-refractivity contribution in [3.05, 3.63) is 90.0 Å². The average Bonchev–Trinajstić information content (AvgIpc) is 3.32. The molecule has 0 atom stereocenters. The van der Waals surface area contributed by atoms with Crippen molar-refractivity contribution in [1.29, 1.82) is 0 Å². The number of urea groups is 1. The second-order valence-electron chi connectivity index (χ2n) is 9.08. The number of carbonyl (C=O) groups excluding carboxylic acids is 2. The van der Waals surface area contributed by atoms with Crippen LogP contribution >= 0.6 is 0 Å². The van der Waals surface area contributed by atoms with Crippen molar-refractivity contribution in [2.24, 2.45) is 0 Å². The predicted molar refractivity (Wildman–Crippen MR) is 151 cm³/mol. The van der Waals surface area contributed by atoms with Gasteiger partial charge in [0.1, 0.15) is 18.1 Å². The van der Waals surface area contributed by atoms with Crippen molar-refractivity contribution < 1.29 is 14.3 Å². The number of carbonyl (C=O) groups is 2. The van der Waals surface area contributed by atoms with Gasteiger partial charge in [-0.2, -0.15) is 5.10 Å². The molecule has 0 spiro atoms. The van der Waals surface area contributed by atoms with Gasteiger partial charge in [0.2, 0.25) is 5.91 Å². The summed E-state index contributed by atoms with van der Waals surface area (Å²) in [6.07, 6.45) is 0.700. The highest BCUT2D eigenvalue weighted by Crippen LogP contribution is 2.27. The molecule has 0 fully saturated rings. The molecule has 8 heteroatoms. The van der Waals surface area contributed by atoms with Gasteiger partial charge in [-0.05, 0) is 44.0 Å². The standard InChI is InChI=1S/C30H33N5O3/c1-5-17-34(30(37)31-24-13-9-10-14-27(24)38-4)20-29(36)32-28-19-25(23-11-7-6-8-12-23)33-35(28)26-16-15-21(2)18-22(26)3/h6-16,18-19H,5,17,20H2,1-4H3,(H,31,37)(H,32,36). The zero-order valence-electron chi connectivity index (χ0n) is 22.2. The molecule has 8 nitrogen and oxygen atoms in total. The van der Waals surface area contributed by atoms with Gasteiger partial charge in [-0.1, -0.05) is 67.1 Å². The van der Waals surface area contributed by atoms with E-state index in [4.69, 9.17) is 9.84 Å². The van der Waals surface area contributed by atoms with E-state index in [1.165, 1.54) is 4.90 Å². The van der Waals surface area contributed by atoms with Gasteiger partial charge in [0.25, 0.3) is 0 Å². The van der Waals surface area contributed by atoms with E-state index in [0.717, 1.165) is 28.1 Å². The molecule has 0 unspecified atom stereocenters. The second kappa shape index (κ2) is 12.1. The van der Waals surface area contributed by atoms with Gasteiger partial charge in [0.05, 0.1) is 24.2 Å². The summed E-state index contributed by atoms with van der Waals surface area (Å²) >= 11 is 0. The molecule has 0 radical (unpaired) electrons. The van der Waals surface area contributed by atoms with Gasteiger partial charge in [0, 0.05) is 18.2 Å². The van der Waals surface area contributed by atoms with Crippen molar-refractivity contribution >= 4 is 23.4 Å². The number of aryl methyl sites for hydroxylation is 2. The molecular formula is C30H33N5O3. The molecule has 0 aliphatic rings. The lowest BCUT2D eigenvalue weighted by molar-refractivity contribution is -0.116. The van der Waals surface area contributed by atoms with E-state index in [9.17, 15) is 9.59 Å². The van der Waals surface area contributed by atoms with Crippen LogP contribution in [0.5, 0.6) is 5.75 Å². The highest BCUT2D eigenvalue weighted by molar-refractivity contribution is 5.97. The third-order valence-electron chi connectivity index (χ3n) is 6.09. The van der Waals surface area contributed by atoms with Crippen molar-refractivity contribution in [2.75, 3.05) is 30.8 Å². The highest BCUT2D eigenvalue weighted by Gasteiger charge is 2.20. The summed E-state index contributed by atoms with van der Waals surface area (Å²) in [6, 6.07) is 24.5. The van der Waals surface area contributed by atoms with E-state index >= 15 is 0 Å². The molecule has 4 rings (SSSR count). The monoisotopic (exact) mass is 511 g/mol. The topological polar surface area (TPSA) is 88.5 Å². The summed E-state index contributed by atoms with van der Waals surface area (Å²) in [6.45, 7) is 6.32. The molecule has 4 aromatic rings. The van der Waals surface area contributed by atoms with Crippen LogP contribution in [0.1, 0.15) is 24.5 Å².